The summed E-state index contributed by atoms with van der Waals surface area (Å²) in [7, 11) is 3.28. The number of benzene rings is 1. The van der Waals surface area contributed by atoms with Crippen molar-refractivity contribution in [1.29, 1.82) is 0 Å². The van der Waals surface area contributed by atoms with Crippen LogP contribution in [-0.4, -0.2) is 42.3 Å². The minimum Gasteiger partial charge on any atom is -0.497 e. The fourth-order valence-corrected chi connectivity index (χ4v) is 5.02. The predicted octanol–water partition coefficient (Wildman–Crippen LogP) is 4.47. The Morgan fingerprint density at radius 3 is 2.67 bits per heavy atom. The number of carbonyl (C=O) groups excluding carboxylic acids is 2. The van der Waals surface area contributed by atoms with Crippen LogP contribution in [0, 0.1) is 12.3 Å². The van der Waals surface area contributed by atoms with Crippen molar-refractivity contribution in [3.8, 4) is 11.5 Å². The summed E-state index contributed by atoms with van der Waals surface area (Å²) >= 11 is 0. The largest absolute Gasteiger partial charge is 0.497 e. The fourth-order valence-electron chi connectivity index (χ4n) is 5.02. The predicted molar refractivity (Wildman–Crippen MR) is 115 cm³/mol. The normalized spacial score (nSPS) is 20.2. The second-order valence-corrected chi connectivity index (χ2v) is 9.18. The van der Waals surface area contributed by atoms with E-state index in [1.165, 1.54) is 0 Å². The number of hydrogen-bond acceptors (Lipinski definition) is 4. The van der Waals surface area contributed by atoms with Crippen molar-refractivity contribution in [2.45, 2.75) is 52.5 Å². The molecule has 1 aliphatic heterocycles. The number of likely N-dealkylation sites (tertiary alicyclic amines) is 1. The quantitative estimate of drug-likeness (QED) is 0.807. The number of carbonyl (C=O) groups is 2. The number of ketones is 1. The molecule has 0 unspecified atom stereocenters. The molecule has 1 fully saturated rings. The van der Waals surface area contributed by atoms with E-state index >= 15 is 0 Å². The lowest BCUT2D eigenvalue weighted by molar-refractivity contribution is 0.0727. The molecule has 0 spiro atoms. The summed E-state index contributed by atoms with van der Waals surface area (Å²) in [5.41, 5.74) is 3.79. The first-order valence-corrected chi connectivity index (χ1v) is 10.5. The summed E-state index contributed by atoms with van der Waals surface area (Å²) < 4.78 is 11.0. The maximum absolute atomic E-state index is 13.6. The third-order valence-corrected chi connectivity index (χ3v) is 6.42. The molecule has 4 rings (SSSR count). The maximum atomic E-state index is 13.6. The van der Waals surface area contributed by atoms with Crippen LogP contribution in [0.3, 0.4) is 0 Å². The number of hydrogen-bond donors (Lipinski definition) is 1. The molecule has 6 heteroatoms. The van der Waals surface area contributed by atoms with Crippen molar-refractivity contribution in [3.05, 3.63) is 46.3 Å². The van der Waals surface area contributed by atoms with E-state index < -0.39 is 0 Å². The lowest BCUT2D eigenvalue weighted by Gasteiger charge is -2.28. The number of aromatic amines is 1. The molecular weight excluding hydrogens is 380 g/mol. The van der Waals surface area contributed by atoms with E-state index in [0.29, 0.717) is 24.2 Å². The zero-order valence-electron chi connectivity index (χ0n) is 18.4. The van der Waals surface area contributed by atoms with E-state index in [1.54, 1.807) is 14.2 Å². The van der Waals surface area contributed by atoms with Gasteiger partial charge in [0.1, 0.15) is 17.2 Å². The highest BCUT2D eigenvalue weighted by Crippen LogP contribution is 2.41. The van der Waals surface area contributed by atoms with Crippen molar-refractivity contribution >= 4 is 11.7 Å². The van der Waals surface area contributed by atoms with Gasteiger partial charge in [-0.1, -0.05) is 13.8 Å². The molecule has 160 valence electrons. The molecule has 6 nitrogen and oxygen atoms in total. The number of fused-ring (bicyclic) bond motifs is 1. The van der Waals surface area contributed by atoms with Crippen molar-refractivity contribution < 1.29 is 19.1 Å². The Kier molecular flexibility index (Phi) is 5.12. The Hall–Kier alpha value is -2.76. The van der Waals surface area contributed by atoms with Gasteiger partial charge in [0.25, 0.3) is 5.91 Å². The van der Waals surface area contributed by atoms with Crippen molar-refractivity contribution in [2.75, 3.05) is 20.8 Å². The Balaban J connectivity index is 1.70. The molecule has 1 atom stereocenters. The van der Waals surface area contributed by atoms with Gasteiger partial charge in [-0.15, -0.1) is 0 Å². The number of Topliss-reactive ketones (excluding diaryl/α,β-unsaturated/α-hetero) is 1. The average molecular weight is 411 g/mol. The number of nitrogens with one attached hydrogen (secondary N) is 1. The van der Waals surface area contributed by atoms with Gasteiger partial charge in [-0.3, -0.25) is 9.59 Å². The molecule has 2 aliphatic rings. The molecule has 0 radical (unpaired) electrons. The Morgan fingerprint density at radius 2 is 1.97 bits per heavy atom. The Bertz CT molecular complexity index is 1000. The lowest BCUT2D eigenvalue weighted by Crippen LogP contribution is -2.31. The van der Waals surface area contributed by atoms with Gasteiger partial charge in [0.15, 0.2) is 5.78 Å². The van der Waals surface area contributed by atoms with Gasteiger partial charge >= 0.3 is 0 Å². The molecule has 1 aromatic carbocycles. The fraction of sp³-hybridized carbons (Fsp3) is 0.500. The van der Waals surface area contributed by atoms with Crippen LogP contribution < -0.4 is 9.47 Å². The van der Waals surface area contributed by atoms with Crippen LogP contribution in [0.2, 0.25) is 0 Å². The van der Waals surface area contributed by atoms with Crippen LogP contribution in [0.4, 0.5) is 0 Å². The number of rotatable bonds is 4. The zero-order valence-corrected chi connectivity index (χ0v) is 18.4. The van der Waals surface area contributed by atoms with E-state index in [1.807, 2.05) is 30.0 Å². The molecule has 2 aromatic rings. The van der Waals surface area contributed by atoms with Gasteiger partial charge in [-0.2, -0.15) is 0 Å². The first-order chi connectivity index (χ1) is 14.3. The first kappa shape index (κ1) is 20.5. The molecular formula is C24H30N2O4. The summed E-state index contributed by atoms with van der Waals surface area (Å²) in [4.78, 5) is 31.6. The first-order valence-electron chi connectivity index (χ1n) is 10.5. The highest BCUT2D eigenvalue weighted by Gasteiger charge is 2.38. The van der Waals surface area contributed by atoms with Crippen molar-refractivity contribution in [3.63, 3.8) is 0 Å². The molecule has 1 aliphatic carbocycles. The number of methoxy groups -OCH3 is 2. The van der Waals surface area contributed by atoms with Crippen molar-refractivity contribution in [2.24, 2.45) is 5.41 Å². The number of amides is 1. The summed E-state index contributed by atoms with van der Waals surface area (Å²) in [6.45, 7) is 6.75. The van der Waals surface area contributed by atoms with Crippen LogP contribution in [0.15, 0.2) is 18.2 Å². The van der Waals surface area contributed by atoms with Crippen LogP contribution in [0.1, 0.15) is 76.8 Å². The number of nitrogens with zero attached hydrogens (tertiary/aromatic N) is 1. The van der Waals surface area contributed by atoms with E-state index in [9.17, 15) is 9.59 Å². The van der Waals surface area contributed by atoms with Gasteiger partial charge in [0.2, 0.25) is 0 Å². The second kappa shape index (κ2) is 7.49. The maximum Gasteiger partial charge on any atom is 0.271 e. The molecule has 1 amide bonds. The number of H-pyrrole nitrogens is 1. The van der Waals surface area contributed by atoms with Gasteiger partial charge in [-0.05, 0) is 55.4 Å². The lowest BCUT2D eigenvalue weighted by atomic mass is 9.75. The molecule has 0 saturated carbocycles. The van der Waals surface area contributed by atoms with E-state index in [-0.39, 0.29) is 23.1 Å². The molecule has 1 N–H and O–H groups in total. The van der Waals surface area contributed by atoms with Gasteiger partial charge < -0.3 is 19.4 Å². The monoisotopic (exact) mass is 410 g/mol. The number of ether oxygens (including phenoxy) is 2. The summed E-state index contributed by atoms with van der Waals surface area (Å²) in [6.07, 6.45) is 3.07. The molecule has 1 aromatic heterocycles. The van der Waals surface area contributed by atoms with Crippen LogP contribution in [0.25, 0.3) is 0 Å². The number of aromatic nitrogens is 1. The van der Waals surface area contributed by atoms with E-state index in [4.69, 9.17) is 9.47 Å². The van der Waals surface area contributed by atoms with Gasteiger partial charge in [0, 0.05) is 29.8 Å². The average Bonchev–Trinajstić information content (AvgIpc) is 3.30. The van der Waals surface area contributed by atoms with Crippen LogP contribution in [-0.2, 0) is 6.42 Å². The zero-order chi connectivity index (χ0) is 21.6. The minimum absolute atomic E-state index is 0.0557. The highest BCUT2D eigenvalue weighted by atomic mass is 16.5. The van der Waals surface area contributed by atoms with Gasteiger partial charge in [-0.25, -0.2) is 0 Å². The summed E-state index contributed by atoms with van der Waals surface area (Å²) in [6, 6.07) is 5.61. The topological polar surface area (TPSA) is 71.6 Å². The summed E-state index contributed by atoms with van der Waals surface area (Å²) in [5.74, 6) is 1.56. The molecule has 30 heavy (non-hydrogen) atoms. The standard InChI is InChI=1S/C24H30N2O4/c1-14-21-17(12-24(2,3)13-19(21)27)25-22(14)23(28)26-10-6-7-18(26)16-11-15(29-4)8-9-20(16)30-5/h8-9,11,18,25H,6-7,10,12-13H2,1-5H3/t18-/m1/s1. The molecule has 1 saturated heterocycles. The highest BCUT2D eigenvalue weighted by molar-refractivity contribution is 6.04. The van der Waals surface area contributed by atoms with E-state index in [2.05, 4.69) is 18.8 Å². The SMILES string of the molecule is COc1ccc(OC)c([C@H]2CCCN2C(=O)c2[nH]c3c(c2C)C(=O)CC(C)(C)C3)c1. The van der Waals surface area contributed by atoms with Gasteiger partial charge in [0.05, 0.1) is 20.3 Å². The Morgan fingerprint density at radius 1 is 1.20 bits per heavy atom. The third kappa shape index (κ3) is 3.38. The Labute approximate surface area is 177 Å². The van der Waals surface area contributed by atoms with Crippen LogP contribution >= 0.6 is 0 Å². The van der Waals surface area contributed by atoms with Crippen LogP contribution in [0.5, 0.6) is 11.5 Å². The molecule has 0 bridgehead atoms. The smallest absolute Gasteiger partial charge is 0.271 e. The van der Waals surface area contributed by atoms with E-state index in [0.717, 1.165) is 47.6 Å². The molecule has 2 heterocycles. The summed E-state index contributed by atoms with van der Waals surface area (Å²) in [5, 5.41) is 0. The minimum atomic E-state index is -0.0914. The third-order valence-electron chi connectivity index (χ3n) is 6.42. The van der Waals surface area contributed by atoms with Crippen molar-refractivity contribution in [1.82, 2.24) is 9.88 Å². The second-order valence-electron chi connectivity index (χ2n) is 9.18.